The zero-order valence-electron chi connectivity index (χ0n) is 17.2. The molecular formula is C20H30ClIN6O2. The highest BCUT2D eigenvalue weighted by Crippen LogP contribution is 2.16. The standard InChI is InChI=1S/C20H29ClN6O2.HI/c1-2-22-19(23-9-12-27-18(28)13-24-20(27)29)25-17-7-10-26(11-8-17)14-15-3-5-16(21)6-4-15;/h3-6,17H,2,7-14H2,1H3,(H,24,29)(H2,22,23,25);1H. The van der Waals surface area contributed by atoms with Crippen molar-refractivity contribution in [3.8, 4) is 0 Å². The third-order valence-electron chi connectivity index (χ3n) is 5.12. The van der Waals surface area contributed by atoms with Crippen molar-refractivity contribution in [2.45, 2.75) is 32.4 Å². The van der Waals surface area contributed by atoms with E-state index < -0.39 is 0 Å². The molecule has 3 N–H and O–H groups in total. The van der Waals surface area contributed by atoms with Crippen LogP contribution >= 0.6 is 35.6 Å². The van der Waals surface area contributed by atoms with Crippen LogP contribution in [0.2, 0.25) is 5.02 Å². The van der Waals surface area contributed by atoms with Crippen LogP contribution in [0.4, 0.5) is 4.79 Å². The number of likely N-dealkylation sites (tertiary alicyclic amines) is 1. The summed E-state index contributed by atoms with van der Waals surface area (Å²) in [6.07, 6.45) is 2.07. The van der Waals surface area contributed by atoms with Gasteiger partial charge in [0.25, 0.3) is 0 Å². The highest BCUT2D eigenvalue weighted by molar-refractivity contribution is 14.0. The van der Waals surface area contributed by atoms with Crippen molar-refractivity contribution >= 4 is 53.5 Å². The summed E-state index contributed by atoms with van der Waals surface area (Å²) >= 11 is 5.96. The first-order chi connectivity index (χ1) is 14.0. The molecule has 166 valence electrons. The Bertz CT molecular complexity index is 721. The van der Waals surface area contributed by atoms with Gasteiger partial charge in [-0.25, -0.2) is 4.79 Å². The Labute approximate surface area is 199 Å². The van der Waals surface area contributed by atoms with Crippen LogP contribution in [0.5, 0.6) is 0 Å². The summed E-state index contributed by atoms with van der Waals surface area (Å²) in [7, 11) is 0. The Morgan fingerprint density at radius 1 is 1.23 bits per heavy atom. The lowest BCUT2D eigenvalue weighted by atomic mass is 10.0. The number of imide groups is 1. The van der Waals surface area contributed by atoms with E-state index >= 15 is 0 Å². The molecule has 1 aromatic rings. The molecule has 0 radical (unpaired) electrons. The quantitative estimate of drug-likeness (QED) is 0.210. The Morgan fingerprint density at radius 3 is 2.53 bits per heavy atom. The van der Waals surface area contributed by atoms with Gasteiger partial charge in [-0.1, -0.05) is 23.7 Å². The van der Waals surface area contributed by atoms with Crippen molar-refractivity contribution in [1.29, 1.82) is 0 Å². The molecule has 0 aliphatic carbocycles. The summed E-state index contributed by atoms with van der Waals surface area (Å²) in [5, 5.41) is 10.0. The molecule has 0 spiro atoms. The van der Waals surface area contributed by atoms with Gasteiger partial charge in [0.1, 0.15) is 0 Å². The first-order valence-electron chi connectivity index (χ1n) is 10.1. The fraction of sp³-hybridized carbons (Fsp3) is 0.550. The number of urea groups is 1. The Balaban J connectivity index is 0.00000320. The summed E-state index contributed by atoms with van der Waals surface area (Å²) in [5.74, 6) is 0.534. The largest absolute Gasteiger partial charge is 0.357 e. The number of aliphatic imine (C=N–C) groups is 1. The molecule has 3 rings (SSSR count). The normalized spacial score (nSPS) is 18.2. The monoisotopic (exact) mass is 548 g/mol. The van der Waals surface area contributed by atoms with Crippen molar-refractivity contribution < 1.29 is 9.59 Å². The maximum atomic E-state index is 11.6. The second-order valence-corrected chi connectivity index (χ2v) is 7.72. The van der Waals surface area contributed by atoms with Crippen LogP contribution in [-0.4, -0.2) is 73.0 Å². The van der Waals surface area contributed by atoms with Gasteiger partial charge in [0, 0.05) is 37.2 Å². The smallest absolute Gasteiger partial charge is 0.324 e. The zero-order valence-corrected chi connectivity index (χ0v) is 20.3. The summed E-state index contributed by atoms with van der Waals surface area (Å²) in [6.45, 7) is 6.49. The number of amides is 3. The van der Waals surface area contributed by atoms with Gasteiger partial charge in [-0.2, -0.15) is 0 Å². The van der Waals surface area contributed by atoms with E-state index in [1.807, 2.05) is 19.1 Å². The van der Waals surface area contributed by atoms with Gasteiger partial charge in [-0.15, -0.1) is 24.0 Å². The number of carbonyl (C=O) groups is 2. The van der Waals surface area contributed by atoms with Crippen molar-refractivity contribution in [1.82, 2.24) is 25.8 Å². The van der Waals surface area contributed by atoms with E-state index in [9.17, 15) is 9.59 Å². The van der Waals surface area contributed by atoms with E-state index in [4.69, 9.17) is 11.6 Å². The van der Waals surface area contributed by atoms with Crippen molar-refractivity contribution in [3.05, 3.63) is 34.9 Å². The van der Waals surface area contributed by atoms with Gasteiger partial charge in [0.05, 0.1) is 19.6 Å². The van der Waals surface area contributed by atoms with Gasteiger partial charge in [0.15, 0.2) is 5.96 Å². The number of guanidine groups is 1. The number of halogens is 2. The molecular weight excluding hydrogens is 519 g/mol. The minimum absolute atomic E-state index is 0. The van der Waals surface area contributed by atoms with Crippen LogP contribution in [0.3, 0.4) is 0 Å². The summed E-state index contributed by atoms with van der Waals surface area (Å²) < 4.78 is 0. The van der Waals surface area contributed by atoms with Crippen LogP contribution in [0, 0.1) is 0 Å². The van der Waals surface area contributed by atoms with Crippen molar-refractivity contribution in [2.75, 3.05) is 39.3 Å². The second-order valence-electron chi connectivity index (χ2n) is 7.29. The summed E-state index contributed by atoms with van der Waals surface area (Å²) in [6, 6.07) is 8.04. The lowest BCUT2D eigenvalue weighted by Gasteiger charge is -2.33. The van der Waals surface area contributed by atoms with Crippen LogP contribution < -0.4 is 16.0 Å². The van der Waals surface area contributed by atoms with Gasteiger partial charge in [-0.05, 0) is 37.5 Å². The zero-order chi connectivity index (χ0) is 20.6. The minimum Gasteiger partial charge on any atom is -0.357 e. The molecule has 1 aromatic carbocycles. The number of hydrogen-bond acceptors (Lipinski definition) is 4. The van der Waals surface area contributed by atoms with E-state index in [0.29, 0.717) is 19.1 Å². The minimum atomic E-state index is -0.337. The number of hydrogen-bond donors (Lipinski definition) is 3. The third kappa shape index (κ3) is 7.28. The molecule has 0 unspecified atom stereocenters. The number of piperidine rings is 1. The molecule has 0 atom stereocenters. The molecule has 2 fully saturated rings. The SMILES string of the molecule is CCNC(=NCCN1C(=O)CNC1=O)NC1CCN(Cc2ccc(Cl)cc2)CC1.I. The summed E-state index contributed by atoms with van der Waals surface area (Å²) in [4.78, 5) is 31.4. The van der Waals surface area contributed by atoms with Gasteiger partial charge in [0.2, 0.25) is 5.91 Å². The van der Waals surface area contributed by atoms with Gasteiger partial charge in [-0.3, -0.25) is 19.6 Å². The van der Waals surface area contributed by atoms with Crippen LogP contribution in [0.1, 0.15) is 25.3 Å². The molecule has 10 heteroatoms. The fourth-order valence-electron chi connectivity index (χ4n) is 3.54. The van der Waals surface area contributed by atoms with Crippen LogP contribution in [0.15, 0.2) is 29.3 Å². The maximum absolute atomic E-state index is 11.6. The van der Waals surface area contributed by atoms with Crippen LogP contribution in [0.25, 0.3) is 0 Å². The Hall–Kier alpha value is -1.59. The number of nitrogens with one attached hydrogen (secondary N) is 3. The number of rotatable bonds is 7. The molecule has 0 bridgehead atoms. The van der Waals surface area contributed by atoms with Gasteiger partial charge >= 0.3 is 6.03 Å². The molecule has 2 saturated heterocycles. The van der Waals surface area contributed by atoms with Crippen molar-refractivity contribution in [2.24, 2.45) is 4.99 Å². The fourth-order valence-corrected chi connectivity index (χ4v) is 3.67. The highest BCUT2D eigenvalue weighted by atomic mass is 127. The lowest BCUT2D eigenvalue weighted by Crippen LogP contribution is -2.48. The number of benzene rings is 1. The number of carbonyl (C=O) groups excluding carboxylic acids is 2. The first-order valence-corrected chi connectivity index (χ1v) is 10.5. The Morgan fingerprint density at radius 2 is 1.93 bits per heavy atom. The van der Waals surface area contributed by atoms with E-state index in [0.717, 1.165) is 50.0 Å². The predicted molar refractivity (Wildman–Crippen MR) is 129 cm³/mol. The average Bonchev–Trinajstić information content (AvgIpc) is 3.03. The van der Waals surface area contributed by atoms with E-state index in [1.54, 1.807) is 0 Å². The first kappa shape index (κ1) is 24.7. The molecule has 3 amide bonds. The van der Waals surface area contributed by atoms with Gasteiger partial charge < -0.3 is 16.0 Å². The molecule has 2 heterocycles. The summed E-state index contributed by atoms with van der Waals surface area (Å²) in [5.41, 5.74) is 1.27. The molecule has 8 nitrogen and oxygen atoms in total. The third-order valence-corrected chi connectivity index (χ3v) is 5.37. The molecule has 0 saturated carbocycles. The molecule has 2 aliphatic heterocycles. The van der Waals surface area contributed by atoms with Crippen molar-refractivity contribution in [3.63, 3.8) is 0 Å². The maximum Gasteiger partial charge on any atom is 0.324 e. The van der Waals surface area contributed by atoms with E-state index in [1.165, 1.54) is 10.5 Å². The number of nitrogens with zero attached hydrogens (tertiary/aromatic N) is 3. The second kappa shape index (κ2) is 12.3. The lowest BCUT2D eigenvalue weighted by molar-refractivity contribution is -0.124. The highest BCUT2D eigenvalue weighted by Gasteiger charge is 2.27. The van der Waals surface area contributed by atoms with E-state index in [2.05, 4.69) is 38.0 Å². The van der Waals surface area contributed by atoms with E-state index in [-0.39, 0.29) is 42.5 Å². The topological polar surface area (TPSA) is 89.1 Å². The predicted octanol–water partition coefficient (Wildman–Crippen LogP) is 2.03. The average molecular weight is 549 g/mol. The Kier molecular flexibility index (Phi) is 10.1. The van der Waals surface area contributed by atoms with Crippen LogP contribution in [-0.2, 0) is 11.3 Å². The molecule has 30 heavy (non-hydrogen) atoms. The molecule has 0 aromatic heterocycles. The molecule has 2 aliphatic rings.